The van der Waals surface area contributed by atoms with Gasteiger partial charge in [-0.15, -0.1) is 0 Å². The Bertz CT molecular complexity index is 993. The van der Waals surface area contributed by atoms with Crippen LogP contribution in [0.3, 0.4) is 0 Å². The number of methoxy groups -OCH3 is 1. The molecule has 32 heavy (non-hydrogen) atoms. The lowest BCUT2D eigenvalue weighted by molar-refractivity contribution is -0.138. The number of hydrogen-bond acceptors (Lipinski definition) is 3. The van der Waals surface area contributed by atoms with E-state index in [2.05, 4.69) is 23.2 Å². The van der Waals surface area contributed by atoms with Crippen LogP contribution in [0.5, 0.6) is 5.75 Å². The van der Waals surface area contributed by atoms with Crippen molar-refractivity contribution in [2.24, 2.45) is 0 Å². The highest BCUT2D eigenvalue weighted by atomic mass is 19.4. The van der Waals surface area contributed by atoms with Gasteiger partial charge in [0.1, 0.15) is 5.75 Å². The van der Waals surface area contributed by atoms with Crippen LogP contribution in [-0.2, 0) is 23.1 Å². The Morgan fingerprint density at radius 3 is 2.31 bits per heavy atom. The van der Waals surface area contributed by atoms with Crippen LogP contribution < -0.4 is 10.1 Å². The number of carbonyl (C=O) groups excluding carboxylic acids is 1. The summed E-state index contributed by atoms with van der Waals surface area (Å²) in [4.78, 5) is 14.3. The number of hydrogen-bond donors (Lipinski definition) is 1. The van der Waals surface area contributed by atoms with E-state index in [9.17, 15) is 18.0 Å². The fourth-order valence-electron chi connectivity index (χ4n) is 4.63. The maximum atomic E-state index is 13.5. The second-order valence-corrected chi connectivity index (χ2v) is 8.74. The van der Waals surface area contributed by atoms with Crippen molar-refractivity contribution in [3.05, 3.63) is 63.7 Å². The number of amides is 1. The SMILES string of the molecule is COc1ccc(CN2CCC(NC(C)=O)(c3ccc(C)c(C(F)(F)F)c3)CC2)c(C)c1C. The van der Waals surface area contributed by atoms with Crippen molar-refractivity contribution in [1.82, 2.24) is 10.2 Å². The van der Waals surface area contributed by atoms with Gasteiger partial charge in [-0.25, -0.2) is 0 Å². The summed E-state index contributed by atoms with van der Waals surface area (Å²) in [6.07, 6.45) is -3.34. The number of ether oxygens (including phenoxy) is 1. The van der Waals surface area contributed by atoms with Crippen LogP contribution >= 0.6 is 0 Å². The molecule has 1 amide bonds. The lowest BCUT2D eigenvalue weighted by atomic mass is 9.79. The highest BCUT2D eigenvalue weighted by Gasteiger charge is 2.40. The van der Waals surface area contributed by atoms with Gasteiger partial charge >= 0.3 is 6.18 Å². The smallest absolute Gasteiger partial charge is 0.416 e. The molecule has 1 fully saturated rings. The topological polar surface area (TPSA) is 41.6 Å². The van der Waals surface area contributed by atoms with Crippen molar-refractivity contribution in [2.45, 2.75) is 58.8 Å². The second-order valence-electron chi connectivity index (χ2n) is 8.74. The molecule has 0 aromatic heterocycles. The average Bonchev–Trinajstić information content (AvgIpc) is 2.72. The van der Waals surface area contributed by atoms with E-state index in [4.69, 9.17) is 4.74 Å². The first-order valence-corrected chi connectivity index (χ1v) is 10.8. The second kappa shape index (κ2) is 9.14. The molecule has 0 bridgehead atoms. The average molecular weight is 449 g/mol. The zero-order chi connectivity index (χ0) is 23.7. The minimum Gasteiger partial charge on any atom is -0.496 e. The normalized spacial score (nSPS) is 16.6. The van der Waals surface area contributed by atoms with Crippen LogP contribution in [0.15, 0.2) is 30.3 Å². The van der Waals surface area contributed by atoms with Crippen molar-refractivity contribution in [1.29, 1.82) is 0 Å². The monoisotopic (exact) mass is 448 g/mol. The lowest BCUT2D eigenvalue weighted by Gasteiger charge is -2.43. The van der Waals surface area contributed by atoms with Crippen molar-refractivity contribution >= 4 is 5.91 Å². The third kappa shape index (κ3) is 4.93. The number of alkyl halides is 3. The quantitative estimate of drug-likeness (QED) is 0.678. The molecule has 0 aliphatic carbocycles. The summed E-state index contributed by atoms with van der Waals surface area (Å²) < 4.78 is 45.9. The number of halogens is 3. The predicted molar refractivity (Wildman–Crippen MR) is 119 cm³/mol. The molecule has 1 aliphatic heterocycles. The van der Waals surface area contributed by atoms with E-state index >= 15 is 0 Å². The highest BCUT2D eigenvalue weighted by Crippen LogP contribution is 2.39. The number of nitrogens with one attached hydrogen (secondary N) is 1. The first kappa shape index (κ1) is 24.1. The van der Waals surface area contributed by atoms with Gasteiger partial charge in [-0.1, -0.05) is 18.2 Å². The highest BCUT2D eigenvalue weighted by molar-refractivity contribution is 5.74. The molecule has 1 N–H and O–H groups in total. The van der Waals surface area contributed by atoms with Crippen LogP contribution in [0.2, 0.25) is 0 Å². The molecule has 1 aliphatic rings. The molecule has 7 heteroatoms. The molecule has 174 valence electrons. The van der Waals surface area contributed by atoms with Gasteiger partial charge in [0.25, 0.3) is 0 Å². The van der Waals surface area contributed by atoms with Crippen LogP contribution in [0.4, 0.5) is 13.2 Å². The molecule has 1 heterocycles. The van der Waals surface area contributed by atoms with Gasteiger partial charge < -0.3 is 10.1 Å². The number of aryl methyl sites for hydroxylation is 1. The molecule has 1 saturated heterocycles. The molecule has 0 unspecified atom stereocenters. The van der Waals surface area contributed by atoms with Gasteiger partial charge in [0.15, 0.2) is 0 Å². The number of piperidine rings is 1. The van der Waals surface area contributed by atoms with Gasteiger partial charge in [0.2, 0.25) is 5.91 Å². The number of rotatable bonds is 5. The van der Waals surface area contributed by atoms with Crippen molar-refractivity contribution in [2.75, 3.05) is 20.2 Å². The summed E-state index contributed by atoms with van der Waals surface area (Å²) in [5.41, 5.74) is 2.73. The molecule has 4 nitrogen and oxygen atoms in total. The standard InChI is InChI=1S/C25H31F3N2O2/c1-16-6-8-21(14-22(16)25(26,27)28)24(29-19(4)31)10-12-30(13-11-24)15-20-7-9-23(32-5)18(3)17(20)2/h6-9,14H,10-13,15H2,1-5H3,(H,29,31). The number of carbonyl (C=O) groups is 1. The molecule has 0 atom stereocenters. The minimum absolute atomic E-state index is 0.182. The number of nitrogens with zero attached hydrogens (tertiary/aromatic N) is 1. The van der Waals surface area contributed by atoms with E-state index in [0.29, 0.717) is 31.5 Å². The number of benzene rings is 2. The largest absolute Gasteiger partial charge is 0.496 e. The van der Waals surface area contributed by atoms with Crippen LogP contribution in [0.1, 0.15) is 53.1 Å². The molecule has 0 spiro atoms. The summed E-state index contributed by atoms with van der Waals surface area (Å²) in [6.45, 7) is 9.06. The summed E-state index contributed by atoms with van der Waals surface area (Å²) in [5.74, 6) is 0.614. The predicted octanol–water partition coefficient (Wildman–Crippen LogP) is 5.27. The first-order chi connectivity index (χ1) is 15.0. The Morgan fingerprint density at radius 1 is 1.09 bits per heavy atom. The molecule has 2 aromatic rings. The summed E-state index contributed by atoms with van der Waals surface area (Å²) in [5, 5.41) is 2.98. The Morgan fingerprint density at radius 2 is 1.75 bits per heavy atom. The Labute approximate surface area is 187 Å². The first-order valence-electron chi connectivity index (χ1n) is 10.8. The number of likely N-dealkylation sites (tertiary alicyclic amines) is 1. The summed E-state index contributed by atoms with van der Waals surface area (Å²) in [6, 6.07) is 8.45. The zero-order valence-electron chi connectivity index (χ0n) is 19.3. The van der Waals surface area contributed by atoms with Gasteiger partial charge in [0.05, 0.1) is 18.2 Å². The van der Waals surface area contributed by atoms with Gasteiger partial charge in [-0.3, -0.25) is 9.69 Å². The Balaban J connectivity index is 1.84. The van der Waals surface area contributed by atoms with Crippen molar-refractivity contribution < 1.29 is 22.7 Å². The van der Waals surface area contributed by atoms with Crippen LogP contribution in [0.25, 0.3) is 0 Å². The Hall–Kier alpha value is -2.54. The molecule has 0 saturated carbocycles. The molecule has 0 radical (unpaired) electrons. The van der Waals surface area contributed by atoms with Crippen molar-refractivity contribution in [3.63, 3.8) is 0 Å². The van der Waals surface area contributed by atoms with Gasteiger partial charge in [0, 0.05) is 26.6 Å². The van der Waals surface area contributed by atoms with Gasteiger partial charge in [-0.05, 0) is 73.6 Å². The van der Waals surface area contributed by atoms with E-state index in [-0.39, 0.29) is 11.5 Å². The molecule has 2 aromatic carbocycles. The summed E-state index contributed by atoms with van der Waals surface area (Å²) in [7, 11) is 1.66. The fraction of sp³-hybridized carbons (Fsp3) is 0.480. The summed E-state index contributed by atoms with van der Waals surface area (Å²) >= 11 is 0. The van der Waals surface area contributed by atoms with Crippen LogP contribution in [-0.4, -0.2) is 31.0 Å². The molecule has 3 rings (SSSR count). The maximum Gasteiger partial charge on any atom is 0.416 e. The van der Waals surface area contributed by atoms with E-state index in [0.717, 1.165) is 17.9 Å². The third-order valence-electron chi connectivity index (χ3n) is 6.68. The van der Waals surface area contributed by atoms with Gasteiger partial charge in [-0.2, -0.15) is 13.2 Å². The molecular weight excluding hydrogens is 417 g/mol. The fourth-order valence-corrected chi connectivity index (χ4v) is 4.63. The molecular formula is C25H31F3N2O2. The zero-order valence-corrected chi connectivity index (χ0v) is 19.3. The maximum absolute atomic E-state index is 13.5. The Kier molecular flexibility index (Phi) is 6.89. The minimum atomic E-state index is -4.43. The third-order valence-corrected chi connectivity index (χ3v) is 6.68. The van der Waals surface area contributed by atoms with E-state index in [1.54, 1.807) is 13.2 Å². The van der Waals surface area contributed by atoms with Crippen molar-refractivity contribution in [3.8, 4) is 5.75 Å². The lowest BCUT2D eigenvalue weighted by Crippen LogP contribution is -2.52. The van der Waals surface area contributed by atoms with E-state index < -0.39 is 17.3 Å². The van der Waals surface area contributed by atoms with E-state index in [1.807, 2.05) is 13.0 Å². The van der Waals surface area contributed by atoms with E-state index in [1.165, 1.54) is 37.1 Å². The van der Waals surface area contributed by atoms with Crippen LogP contribution in [0, 0.1) is 20.8 Å².